The van der Waals surface area contributed by atoms with Crippen LogP contribution in [0.1, 0.15) is 12.6 Å². The number of benzene rings is 1. The number of rotatable bonds is 8. The number of ether oxygens (including phenoxy) is 1. The van der Waals surface area contributed by atoms with Crippen molar-refractivity contribution in [3.8, 4) is 5.75 Å². The maximum absolute atomic E-state index is 5.74. The topological polar surface area (TPSA) is 42.3 Å². The van der Waals surface area contributed by atoms with Gasteiger partial charge in [-0.3, -0.25) is 0 Å². The summed E-state index contributed by atoms with van der Waals surface area (Å²) in [5.41, 5.74) is 2.23. The van der Waals surface area contributed by atoms with E-state index in [2.05, 4.69) is 26.7 Å². The molecule has 0 radical (unpaired) electrons. The lowest BCUT2D eigenvalue weighted by Crippen LogP contribution is -2.19. The van der Waals surface area contributed by atoms with Gasteiger partial charge in [0.05, 0.1) is 18.6 Å². The van der Waals surface area contributed by atoms with Crippen molar-refractivity contribution in [2.75, 3.05) is 32.6 Å². The highest BCUT2D eigenvalue weighted by Gasteiger charge is 2.01. The van der Waals surface area contributed by atoms with Crippen LogP contribution in [0, 0.1) is 0 Å². The molecule has 0 saturated carbocycles. The first-order valence-corrected chi connectivity index (χ1v) is 7.29. The molecular formula is C16H24N4O. The molecule has 1 aromatic carbocycles. The Morgan fingerprint density at radius 1 is 1.33 bits per heavy atom. The smallest absolute Gasteiger partial charge is 0.121 e. The van der Waals surface area contributed by atoms with E-state index in [1.165, 1.54) is 5.69 Å². The number of nitrogens with zero attached hydrogens (tertiary/aromatic N) is 3. The van der Waals surface area contributed by atoms with Crippen molar-refractivity contribution in [2.24, 2.45) is 0 Å². The van der Waals surface area contributed by atoms with Gasteiger partial charge in [-0.05, 0) is 33.2 Å². The Kier molecular flexibility index (Phi) is 5.63. The van der Waals surface area contributed by atoms with Crippen LogP contribution in [0.5, 0.6) is 5.75 Å². The molecule has 0 saturated heterocycles. The lowest BCUT2D eigenvalue weighted by atomic mass is 10.3. The van der Waals surface area contributed by atoms with Crippen LogP contribution in [0.4, 0.5) is 5.69 Å². The second-order valence-corrected chi connectivity index (χ2v) is 5.20. The Bertz CT molecular complexity index is 551. The number of aromatic nitrogens is 2. The van der Waals surface area contributed by atoms with Gasteiger partial charge in [-0.2, -0.15) is 0 Å². The summed E-state index contributed by atoms with van der Waals surface area (Å²) in [5, 5.41) is 3.41. The molecule has 5 heteroatoms. The highest BCUT2D eigenvalue weighted by Crippen LogP contribution is 2.18. The highest BCUT2D eigenvalue weighted by atomic mass is 16.5. The summed E-state index contributed by atoms with van der Waals surface area (Å²) in [6.45, 7) is 5.41. The summed E-state index contributed by atoms with van der Waals surface area (Å²) < 4.78 is 7.87. The summed E-state index contributed by atoms with van der Waals surface area (Å²) in [5.74, 6) is 0.894. The Morgan fingerprint density at radius 2 is 2.19 bits per heavy atom. The van der Waals surface area contributed by atoms with Gasteiger partial charge >= 0.3 is 0 Å². The van der Waals surface area contributed by atoms with Crippen LogP contribution in [0.25, 0.3) is 0 Å². The van der Waals surface area contributed by atoms with E-state index in [4.69, 9.17) is 4.74 Å². The first-order chi connectivity index (χ1) is 10.2. The fourth-order valence-corrected chi connectivity index (χ4v) is 2.01. The molecular weight excluding hydrogens is 264 g/mol. The van der Waals surface area contributed by atoms with E-state index in [1.807, 2.05) is 50.9 Å². The van der Waals surface area contributed by atoms with Crippen molar-refractivity contribution in [2.45, 2.75) is 20.0 Å². The van der Waals surface area contributed by atoms with Crippen LogP contribution in [0.3, 0.4) is 0 Å². The second kappa shape index (κ2) is 7.69. The normalized spacial score (nSPS) is 10.9. The molecule has 21 heavy (non-hydrogen) atoms. The third kappa shape index (κ3) is 4.79. The predicted octanol–water partition coefficient (Wildman–Crippen LogP) is 2.46. The summed E-state index contributed by atoms with van der Waals surface area (Å²) in [6, 6.07) is 8.06. The van der Waals surface area contributed by atoms with Crippen LogP contribution < -0.4 is 10.1 Å². The van der Waals surface area contributed by atoms with Gasteiger partial charge in [0.2, 0.25) is 0 Å². The van der Waals surface area contributed by atoms with Gasteiger partial charge in [-0.15, -0.1) is 0 Å². The van der Waals surface area contributed by atoms with E-state index < -0.39 is 0 Å². The number of hydrogen-bond acceptors (Lipinski definition) is 4. The Morgan fingerprint density at radius 3 is 2.95 bits per heavy atom. The second-order valence-electron chi connectivity index (χ2n) is 5.20. The minimum absolute atomic E-state index is 0.694. The summed E-state index contributed by atoms with van der Waals surface area (Å²) in [6.07, 6.45) is 3.76. The molecule has 5 nitrogen and oxygen atoms in total. The van der Waals surface area contributed by atoms with E-state index in [1.54, 1.807) is 0 Å². The van der Waals surface area contributed by atoms with Crippen molar-refractivity contribution in [1.29, 1.82) is 0 Å². The molecule has 0 fully saturated rings. The molecule has 1 heterocycles. The molecule has 0 aliphatic heterocycles. The van der Waals surface area contributed by atoms with Crippen LogP contribution in [0.15, 0.2) is 36.8 Å². The quantitative estimate of drug-likeness (QED) is 0.810. The molecule has 2 aromatic rings. The minimum Gasteiger partial charge on any atom is -0.492 e. The molecule has 0 atom stereocenters. The molecule has 114 valence electrons. The van der Waals surface area contributed by atoms with Gasteiger partial charge in [-0.25, -0.2) is 4.98 Å². The highest BCUT2D eigenvalue weighted by molar-refractivity contribution is 5.48. The van der Waals surface area contributed by atoms with E-state index in [0.717, 1.165) is 31.1 Å². The zero-order valence-corrected chi connectivity index (χ0v) is 13.0. The lowest BCUT2D eigenvalue weighted by Gasteiger charge is -2.12. The van der Waals surface area contributed by atoms with Gasteiger partial charge in [0, 0.05) is 31.0 Å². The maximum Gasteiger partial charge on any atom is 0.121 e. The van der Waals surface area contributed by atoms with Crippen LogP contribution >= 0.6 is 0 Å². The minimum atomic E-state index is 0.694. The Balaban J connectivity index is 1.89. The average Bonchev–Trinajstić information content (AvgIpc) is 2.92. The van der Waals surface area contributed by atoms with Gasteiger partial charge in [-0.1, -0.05) is 6.07 Å². The first-order valence-electron chi connectivity index (χ1n) is 7.29. The van der Waals surface area contributed by atoms with Gasteiger partial charge < -0.3 is 19.5 Å². The zero-order chi connectivity index (χ0) is 15.1. The van der Waals surface area contributed by atoms with Gasteiger partial charge in [0.15, 0.2) is 0 Å². The molecule has 0 unspecified atom stereocenters. The van der Waals surface area contributed by atoms with Gasteiger partial charge in [0.1, 0.15) is 12.4 Å². The maximum atomic E-state index is 5.74. The van der Waals surface area contributed by atoms with E-state index in [0.29, 0.717) is 6.61 Å². The van der Waals surface area contributed by atoms with Crippen LogP contribution in [0.2, 0.25) is 0 Å². The molecule has 1 aromatic heterocycles. The third-order valence-corrected chi connectivity index (χ3v) is 3.25. The summed E-state index contributed by atoms with van der Waals surface area (Å²) >= 11 is 0. The molecule has 0 bridgehead atoms. The summed E-state index contributed by atoms with van der Waals surface area (Å²) in [4.78, 5) is 6.28. The molecule has 0 aliphatic rings. The molecule has 0 spiro atoms. The molecule has 2 rings (SSSR count). The third-order valence-electron chi connectivity index (χ3n) is 3.25. The van der Waals surface area contributed by atoms with Crippen LogP contribution in [-0.2, 0) is 13.1 Å². The van der Waals surface area contributed by atoms with E-state index in [-0.39, 0.29) is 0 Å². The number of nitrogens with one attached hydrogen (secondary N) is 1. The van der Waals surface area contributed by atoms with Crippen molar-refractivity contribution < 1.29 is 4.74 Å². The van der Waals surface area contributed by atoms with Crippen molar-refractivity contribution >= 4 is 5.69 Å². The van der Waals surface area contributed by atoms with E-state index in [9.17, 15) is 0 Å². The Labute approximate surface area is 126 Å². The molecule has 1 N–H and O–H groups in total. The Hall–Kier alpha value is -2.01. The largest absolute Gasteiger partial charge is 0.492 e. The lowest BCUT2D eigenvalue weighted by molar-refractivity contribution is 0.261. The molecule has 0 aliphatic carbocycles. The van der Waals surface area contributed by atoms with Crippen molar-refractivity contribution in [3.63, 3.8) is 0 Å². The van der Waals surface area contributed by atoms with Crippen molar-refractivity contribution in [3.05, 3.63) is 42.5 Å². The first kappa shape index (κ1) is 15.4. The standard InChI is InChI=1S/C16H24N4O/c1-4-20-13-17-11-15(20)12-18-14-6-5-7-16(10-14)21-9-8-19(2)3/h5-7,10-11,13,18H,4,8-9,12H2,1-3H3. The van der Waals surface area contributed by atoms with E-state index >= 15 is 0 Å². The number of imidazole rings is 1. The zero-order valence-electron chi connectivity index (χ0n) is 13.0. The monoisotopic (exact) mass is 288 g/mol. The van der Waals surface area contributed by atoms with Gasteiger partial charge in [0.25, 0.3) is 0 Å². The summed E-state index contributed by atoms with van der Waals surface area (Å²) in [7, 11) is 4.08. The average molecular weight is 288 g/mol. The van der Waals surface area contributed by atoms with Crippen LogP contribution in [-0.4, -0.2) is 41.7 Å². The number of aryl methyl sites for hydroxylation is 1. The predicted molar refractivity (Wildman–Crippen MR) is 85.7 cm³/mol. The molecule has 0 amide bonds. The number of anilines is 1. The fraction of sp³-hybridized carbons (Fsp3) is 0.438. The SMILES string of the molecule is CCn1cncc1CNc1cccc(OCCN(C)C)c1. The number of hydrogen-bond donors (Lipinski definition) is 1. The van der Waals surface area contributed by atoms with Crippen molar-refractivity contribution in [1.82, 2.24) is 14.5 Å². The fourth-order valence-electron chi connectivity index (χ4n) is 2.01. The number of likely N-dealkylation sites (N-methyl/N-ethyl adjacent to an activating group) is 1.